The van der Waals surface area contributed by atoms with Crippen LogP contribution >= 0.6 is 39.1 Å². The lowest BCUT2D eigenvalue weighted by atomic mass is 10.1. The number of fused-ring (bicyclic) bond motifs is 1. The highest BCUT2D eigenvalue weighted by Crippen LogP contribution is 2.39. The van der Waals surface area contributed by atoms with Gasteiger partial charge in [-0.1, -0.05) is 23.2 Å². The van der Waals surface area contributed by atoms with Gasteiger partial charge in [0.1, 0.15) is 0 Å². The lowest BCUT2D eigenvalue weighted by Crippen LogP contribution is -2.38. The molecule has 0 N–H and O–H groups in total. The van der Waals surface area contributed by atoms with E-state index in [1.807, 2.05) is 0 Å². The predicted molar refractivity (Wildman–Crippen MR) is 98.1 cm³/mol. The zero-order valence-electron chi connectivity index (χ0n) is 14.0. The van der Waals surface area contributed by atoms with Crippen LogP contribution in [0.4, 0.5) is 0 Å². The van der Waals surface area contributed by atoms with Crippen molar-refractivity contribution in [3.63, 3.8) is 0 Å². The Balaban J connectivity index is 2.10. The van der Waals surface area contributed by atoms with Gasteiger partial charge in [0, 0.05) is 13.8 Å². The molecule has 140 valence electrons. The van der Waals surface area contributed by atoms with Gasteiger partial charge in [-0.15, -0.1) is 0 Å². The van der Waals surface area contributed by atoms with Crippen LogP contribution in [0, 0.1) is 0 Å². The summed E-state index contributed by atoms with van der Waals surface area (Å²) in [4.78, 5) is 27.5. The molecule has 1 aromatic heterocycles. The van der Waals surface area contributed by atoms with Crippen molar-refractivity contribution >= 4 is 62.1 Å². The van der Waals surface area contributed by atoms with Gasteiger partial charge in [0.05, 0.1) is 27.2 Å². The van der Waals surface area contributed by atoms with Crippen LogP contribution < -0.4 is 0 Å². The van der Waals surface area contributed by atoms with Crippen molar-refractivity contribution < 1.29 is 23.8 Å². The second kappa shape index (κ2) is 7.34. The molecule has 1 saturated heterocycles. The summed E-state index contributed by atoms with van der Waals surface area (Å²) >= 11 is 15.6. The molecule has 0 unspecified atom stereocenters. The standard InChI is InChI=1S/C16H15BrCl2N2O5/c1-6-13(25-7(2)22)14(26-8(3)23)15(24-6)21-12-5-10(19)9(18)4-11(12)20-16(21)17/h4-6,13-15H,1-3H3/t6-,13-,14-,15-/m1/s1. The van der Waals surface area contributed by atoms with E-state index >= 15 is 0 Å². The largest absolute Gasteiger partial charge is 0.456 e. The highest BCUT2D eigenvalue weighted by Gasteiger charge is 2.49. The highest BCUT2D eigenvalue weighted by atomic mass is 79.9. The van der Waals surface area contributed by atoms with Crippen molar-refractivity contribution in [2.24, 2.45) is 0 Å². The number of hydrogen-bond acceptors (Lipinski definition) is 6. The van der Waals surface area contributed by atoms with E-state index in [4.69, 9.17) is 37.4 Å². The number of halogens is 3. The van der Waals surface area contributed by atoms with Crippen LogP contribution in [-0.2, 0) is 23.8 Å². The Labute approximate surface area is 167 Å². The summed E-state index contributed by atoms with van der Waals surface area (Å²) < 4.78 is 18.8. The van der Waals surface area contributed by atoms with Crippen LogP contribution in [0.1, 0.15) is 27.0 Å². The molecule has 0 spiro atoms. The molecule has 0 radical (unpaired) electrons. The maximum Gasteiger partial charge on any atom is 0.303 e. The van der Waals surface area contributed by atoms with Gasteiger partial charge in [0.15, 0.2) is 23.2 Å². The van der Waals surface area contributed by atoms with Gasteiger partial charge in [-0.25, -0.2) is 4.98 Å². The fraction of sp³-hybridized carbons (Fsp3) is 0.438. The summed E-state index contributed by atoms with van der Waals surface area (Å²) in [5, 5.41) is 0.714. The molecule has 1 aromatic carbocycles. The topological polar surface area (TPSA) is 79.6 Å². The van der Waals surface area contributed by atoms with E-state index in [0.717, 1.165) is 0 Å². The van der Waals surface area contributed by atoms with Crippen LogP contribution in [0.15, 0.2) is 16.9 Å². The number of ether oxygens (including phenoxy) is 3. The predicted octanol–water partition coefficient (Wildman–Crippen LogP) is 3.89. The van der Waals surface area contributed by atoms with E-state index < -0.39 is 36.5 Å². The van der Waals surface area contributed by atoms with Crippen molar-refractivity contribution in [1.82, 2.24) is 9.55 Å². The molecule has 26 heavy (non-hydrogen) atoms. The van der Waals surface area contributed by atoms with Crippen molar-refractivity contribution in [2.45, 2.75) is 45.3 Å². The van der Waals surface area contributed by atoms with Crippen LogP contribution in [0.5, 0.6) is 0 Å². The molecule has 7 nitrogen and oxygen atoms in total. The van der Waals surface area contributed by atoms with Crippen molar-refractivity contribution in [3.8, 4) is 0 Å². The molecule has 2 aromatic rings. The maximum atomic E-state index is 11.6. The lowest BCUT2D eigenvalue weighted by molar-refractivity contribution is -0.165. The van der Waals surface area contributed by atoms with Gasteiger partial charge in [0.25, 0.3) is 0 Å². The van der Waals surface area contributed by atoms with Crippen LogP contribution in [0.2, 0.25) is 10.0 Å². The molecule has 2 heterocycles. The number of aromatic nitrogens is 2. The molecular weight excluding hydrogens is 451 g/mol. The monoisotopic (exact) mass is 464 g/mol. The lowest BCUT2D eigenvalue weighted by Gasteiger charge is -2.24. The molecular formula is C16H15BrCl2N2O5. The third-order valence-corrected chi connectivity index (χ3v) is 5.25. The number of benzene rings is 1. The first-order valence-electron chi connectivity index (χ1n) is 7.71. The van der Waals surface area contributed by atoms with Crippen LogP contribution in [0.3, 0.4) is 0 Å². The molecule has 1 aliphatic rings. The fourth-order valence-corrected chi connectivity index (χ4v) is 3.89. The molecule has 4 atom stereocenters. The number of carbonyl (C=O) groups excluding carboxylic acids is 2. The second-order valence-electron chi connectivity index (χ2n) is 5.89. The van der Waals surface area contributed by atoms with Crippen LogP contribution in [0.25, 0.3) is 11.0 Å². The summed E-state index contributed by atoms with van der Waals surface area (Å²) in [6.07, 6.45) is -2.88. The Morgan fingerprint density at radius 2 is 1.73 bits per heavy atom. The van der Waals surface area contributed by atoms with Gasteiger partial charge >= 0.3 is 11.9 Å². The summed E-state index contributed by atoms with van der Waals surface area (Å²) in [6, 6.07) is 3.28. The SMILES string of the molecule is CC(=O)O[C@@H]1[C@H](OC(C)=O)[C@@H](C)O[C@H]1n1c(Br)nc2cc(Cl)c(Cl)cc21. The molecule has 0 amide bonds. The number of nitrogens with zero attached hydrogens (tertiary/aromatic N) is 2. The van der Waals surface area contributed by atoms with Gasteiger partial charge < -0.3 is 14.2 Å². The molecule has 1 aliphatic heterocycles. The molecule has 0 bridgehead atoms. The van der Waals surface area contributed by atoms with Crippen LogP contribution in [-0.4, -0.2) is 39.8 Å². The minimum Gasteiger partial charge on any atom is -0.456 e. The number of imidazole rings is 1. The van der Waals surface area contributed by atoms with E-state index in [1.165, 1.54) is 13.8 Å². The van der Waals surface area contributed by atoms with Gasteiger partial charge in [-0.3, -0.25) is 14.2 Å². The third kappa shape index (κ3) is 3.55. The minimum absolute atomic E-state index is 0.347. The molecule has 0 aliphatic carbocycles. The summed E-state index contributed by atoms with van der Waals surface area (Å²) in [5.74, 6) is -1.01. The number of esters is 2. The Kier molecular flexibility index (Phi) is 5.48. The number of rotatable bonds is 3. The summed E-state index contributed by atoms with van der Waals surface area (Å²) in [5.41, 5.74) is 1.21. The zero-order valence-corrected chi connectivity index (χ0v) is 17.1. The first-order valence-corrected chi connectivity index (χ1v) is 9.26. The number of carbonyl (C=O) groups is 2. The minimum atomic E-state index is -0.852. The van der Waals surface area contributed by atoms with Gasteiger partial charge in [-0.2, -0.15) is 0 Å². The smallest absolute Gasteiger partial charge is 0.303 e. The molecule has 0 saturated carbocycles. The van der Waals surface area contributed by atoms with Crippen molar-refractivity contribution in [1.29, 1.82) is 0 Å². The van der Waals surface area contributed by atoms with Crippen molar-refractivity contribution in [2.75, 3.05) is 0 Å². The van der Waals surface area contributed by atoms with Gasteiger partial charge in [0.2, 0.25) is 0 Å². The van der Waals surface area contributed by atoms with E-state index in [1.54, 1.807) is 23.6 Å². The van der Waals surface area contributed by atoms with E-state index in [9.17, 15) is 9.59 Å². The van der Waals surface area contributed by atoms with E-state index in [0.29, 0.717) is 25.8 Å². The van der Waals surface area contributed by atoms with E-state index in [-0.39, 0.29) is 0 Å². The van der Waals surface area contributed by atoms with Crippen molar-refractivity contribution in [3.05, 3.63) is 26.9 Å². The molecule has 10 heteroatoms. The average molecular weight is 466 g/mol. The average Bonchev–Trinajstić information content (AvgIpc) is 2.97. The Morgan fingerprint density at radius 3 is 2.35 bits per heavy atom. The normalized spacial score (nSPS) is 25.5. The first kappa shape index (κ1) is 19.4. The highest BCUT2D eigenvalue weighted by molar-refractivity contribution is 9.10. The quantitative estimate of drug-likeness (QED) is 0.640. The summed E-state index contributed by atoms with van der Waals surface area (Å²) in [6.45, 7) is 4.30. The third-order valence-electron chi connectivity index (χ3n) is 3.97. The Bertz CT molecular complexity index is 887. The number of hydrogen-bond donors (Lipinski definition) is 0. The molecule has 1 fully saturated rings. The zero-order chi connectivity index (χ0) is 19.2. The van der Waals surface area contributed by atoms with E-state index in [2.05, 4.69) is 20.9 Å². The first-order chi connectivity index (χ1) is 12.2. The maximum absolute atomic E-state index is 11.6. The Hall–Kier alpha value is -1.35. The second-order valence-corrected chi connectivity index (χ2v) is 7.41. The summed E-state index contributed by atoms with van der Waals surface area (Å²) in [7, 11) is 0. The fourth-order valence-electron chi connectivity index (χ4n) is 2.99. The van der Waals surface area contributed by atoms with Gasteiger partial charge in [-0.05, 0) is 35.0 Å². The Morgan fingerprint density at radius 1 is 1.15 bits per heavy atom. The molecule has 3 rings (SSSR count).